The van der Waals surface area contributed by atoms with Crippen LogP contribution in [0.1, 0.15) is 25.2 Å². The van der Waals surface area contributed by atoms with Gasteiger partial charge in [0.1, 0.15) is 12.4 Å². The second kappa shape index (κ2) is 6.27. The van der Waals surface area contributed by atoms with E-state index in [0.29, 0.717) is 6.61 Å². The molecule has 4 heteroatoms. The van der Waals surface area contributed by atoms with Gasteiger partial charge in [-0.1, -0.05) is 13.8 Å². The van der Waals surface area contributed by atoms with Crippen LogP contribution >= 0.6 is 0 Å². The lowest BCUT2D eigenvalue weighted by Crippen LogP contribution is -2.12. The number of rotatable bonds is 6. The maximum absolute atomic E-state index is 5.69. The van der Waals surface area contributed by atoms with E-state index in [1.807, 2.05) is 28.9 Å². The first-order chi connectivity index (χ1) is 9.22. The zero-order valence-corrected chi connectivity index (χ0v) is 11.6. The van der Waals surface area contributed by atoms with Gasteiger partial charge in [-0.15, -0.1) is 0 Å². The van der Waals surface area contributed by atoms with E-state index in [0.717, 1.165) is 36.5 Å². The highest BCUT2D eigenvalue weighted by atomic mass is 16.5. The highest BCUT2D eigenvalue weighted by Crippen LogP contribution is 2.13. The Hall–Kier alpha value is -1.97. The van der Waals surface area contributed by atoms with Gasteiger partial charge in [0.05, 0.1) is 12.2 Å². The van der Waals surface area contributed by atoms with Gasteiger partial charge in [-0.2, -0.15) is 5.10 Å². The molecule has 2 N–H and O–H groups in total. The minimum absolute atomic E-state index is 0.613. The third-order valence-corrected chi connectivity index (χ3v) is 3.09. The lowest BCUT2D eigenvalue weighted by atomic mass is 10.3. The van der Waals surface area contributed by atoms with Crippen molar-refractivity contribution in [3.8, 4) is 5.75 Å². The van der Waals surface area contributed by atoms with Gasteiger partial charge in [0.15, 0.2) is 0 Å². The maximum Gasteiger partial charge on any atom is 0.119 e. The minimum atomic E-state index is 0.613. The molecule has 102 valence electrons. The highest BCUT2D eigenvalue weighted by Gasteiger charge is 2.05. The molecule has 2 rings (SSSR count). The predicted molar refractivity (Wildman–Crippen MR) is 77.3 cm³/mol. The minimum Gasteiger partial charge on any atom is -0.492 e. The Morgan fingerprint density at radius 2 is 1.89 bits per heavy atom. The number of nitrogens with zero attached hydrogens (tertiary/aromatic N) is 2. The van der Waals surface area contributed by atoms with Crippen LogP contribution in [0.3, 0.4) is 0 Å². The predicted octanol–water partition coefficient (Wildman–Crippen LogP) is 2.67. The second-order valence-corrected chi connectivity index (χ2v) is 4.47. The zero-order chi connectivity index (χ0) is 13.7. The van der Waals surface area contributed by atoms with Crippen molar-refractivity contribution in [2.24, 2.45) is 0 Å². The van der Waals surface area contributed by atoms with Crippen LogP contribution in [0.2, 0.25) is 0 Å². The highest BCUT2D eigenvalue weighted by molar-refractivity contribution is 5.41. The Morgan fingerprint density at radius 3 is 2.53 bits per heavy atom. The molecule has 0 saturated carbocycles. The third-order valence-electron chi connectivity index (χ3n) is 3.09. The number of ether oxygens (including phenoxy) is 1. The molecule has 0 fully saturated rings. The van der Waals surface area contributed by atoms with E-state index in [2.05, 4.69) is 25.0 Å². The molecule has 0 spiro atoms. The normalized spacial score (nSPS) is 10.6. The molecule has 1 aromatic carbocycles. The van der Waals surface area contributed by atoms with Gasteiger partial charge in [0.2, 0.25) is 0 Å². The Bertz CT molecular complexity index is 517. The lowest BCUT2D eigenvalue weighted by Gasteiger charge is -2.08. The van der Waals surface area contributed by atoms with Crippen molar-refractivity contribution in [1.82, 2.24) is 9.78 Å². The van der Waals surface area contributed by atoms with Gasteiger partial charge in [-0.25, -0.2) is 0 Å². The molecule has 0 bridgehead atoms. The molecule has 0 aliphatic rings. The molecule has 19 heavy (non-hydrogen) atoms. The monoisotopic (exact) mass is 259 g/mol. The molecule has 0 atom stereocenters. The number of hydrogen-bond donors (Lipinski definition) is 1. The van der Waals surface area contributed by atoms with Crippen molar-refractivity contribution in [3.05, 3.63) is 41.7 Å². The number of hydrogen-bond acceptors (Lipinski definition) is 3. The summed E-state index contributed by atoms with van der Waals surface area (Å²) in [7, 11) is 0. The fraction of sp³-hybridized carbons (Fsp3) is 0.400. The molecular formula is C15H21N3O. The van der Waals surface area contributed by atoms with Crippen LogP contribution in [0.5, 0.6) is 5.75 Å². The Morgan fingerprint density at radius 1 is 1.16 bits per heavy atom. The number of nitrogens with two attached hydrogens (primary N) is 1. The number of benzene rings is 1. The quantitative estimate of drug-likeness (QED) is 0.811. The first kappa shape index (κ1) is 13.5. The molecule has 4 nitrogen and oxygen atoms in total. The Balaban J connectivity index is 1.91. The van der Waals surface area contributed by atoms with E-state index >= 15 is 0 Å². The third kappa shape index (κ3) is 3.50. The Kier molecular flexibility index (Phi) is 4.44. The summed E-state index contributed by atoms with van der Waals surface area (Å²) < 4.78 is 7.73. The molecule has 0 radical (unpaired) electrons. The summed E-state index contributed by atoms with van der Waals surface area (Å²) in [4.78, 5) is 0. The lowest BCUT2D eigenvalue weighted by molar-refractivity contribution is 0.289. The van der Waals surface area contributed by atoms with Gasteiger partial charge in [0, 0.05) is 11.4 Å². The van der Waals surface area contributed by atoms with Crippen molar-refractivity contribution in [1.29, 1.82) is 0 Å². The number of aromatic nitrogens is 2. The first-order valence-corrected chi connectivity index (χ1v) is 6.76. The smallest absolute Gasteiger partial charge is 0.119 e. The first-order valence-electron chi connectivity index (χ1n) is 6.76. The largest absolute Gasteiger partial charge is 0.492 e. The van der Waals surface area contributed by atoms with Crippen LogP contribution in [-0.4, -0.2) is 16.4 Å². The average Bonchev–Trinajstić information content (AvgIpc) is 2.83. The molecule has 0 saturated heterocycles. The van der Waals surface area contributed by atoms with Crippen LogP contribution in [-0.2, 0) is 19.4 Å². The number of aryl methyl sites for hydroxylation is 2. The van der Waals surface area contributed by atoms with Gasteiger partial charge in [0.25, 0.3) is 0 Å². The summed E-state index contributed by atoms with van der Waals surface area (Å²) in [5.74, 6) is 0.843. The number of anilines is 1. The van der Waals surface area contributed by atoms with Crippen molar-refractivity contribution in [2.45, 2.75) is 33.2 Å². The molecule has 2 aromatic rings. The summed E-state index contributed by atoms with van der Waals surface area (Å²) >= 11 is 0. The fourth-order valence-corrected chi connectivity index (χ4v) is 1.98. The van der Waals surface area contributed by atoms with Gasteiger partial charge < -0.3 is 10.5 Å². The molecule has 0 aliphatic carbocycles. The van der Waals surface area contributed by atoms with Crippen molar-refractivity contribution in [3.63, 3.8) is 0 Å². The van der Waals surface area contributed by atoms with E-state index in [9.17, 15) is 0 Å². The molecule has 1 aromatic heterocycles. The van der Waals surface area contributed by atoms with Crippen LogP contribution in [0.4, 0.5) is 5.69 Å². The summed E-state index contributed by atoms with van der Waals surface area (Å²) in [6, 6.07) is 9.63. The van der Waals surface area contributed by atoms with Gasteiger partial charge in [-0.3, -0.25) is 4.68 Å². The molecular weight excluding hydrogens is 238 g/mol. The summed E-state index contributed by atoms with van der Waals surface area (Å²) in [5.41, 5.74) is 8.79. The van der Waals surface area contributed by atoms with Gasteiger partial charge >= 0.3 is 0 Å². The zero-order valence-electron chi connectivity index (χ0n) is 11.6. The van der Waals surface area contributed by atoms with Crippen LogP contribution in [0.25, 0.3) is 0 Å². The van der Waals surface area contributed by atoms with Crippen LogP contribution in [0.15, 0.2) is 30.3 Å². The van der Waals surface area contributed by atoms with Crippen molar-refractivity contribution in [2.75, 3.05) is 12.3 Å². The summed E-state index contributed by atoms with van der Waals surface area (Å²) in [5, 5.41) is 4.56. The van der Waals surface area contributed by atoms with E-state index < -0.39 is 0 Å². The average molecular weight is 259 g/mol. The summed E-state index contributed by atoms with van der Waals surface area (Å²) in [6.07, 6.45) is 1.97. The van der Waals surface area contributed by atoms with Crippen LogP contribution < -0.4 is 10.5 Å². The fourth-order valence-electron chi connectivity index (χ4n) is 1.98. The molecule has 0 unspecified atom stereocenters. The maximum atomic E-state index is 5.69. The topological polar surface area (TPSA) is 53.1 Å². The second-order valence-electron chi connectivity index (χ2n) is 4.47. The van der Waals surface area contributed by atoms with E-state index in [1.165, 1.54) is 5.69 Å². The standard InChI is InChI=1S/C15H21N3O/c1-3-13-11-14(4-2)18(17-13)9-10-19-15-7-5-12(16)6-8-15/h5-8,11H,3-4,9-10,16H2,1-2H3. The van der Waals surface area contributed by atoms with E-state index in [4.69, 9.17) is 10.5 Å². The molecule has 0 aliphatic heterocycles. The molecule has 1 heterocycles. The van der Waals surface area contributed by atoms with Crippen molar-refractivity contribution >= 4 is 5.69 Å². The van der Waals surface area contributed by atoms with Crippen molar-refractivity contribution < 1.29 is 4.74 Å². The summed E-state index contributed by atoms with van der Waals surface area (Å²) in [6.45, 7) is 5.65. The Labute approximate surface area is 114 Å². The molecule has 0 amide bonds. The number of nitrogen functional groups attached to an aromatic ring is 1. The van der Waals surface area contributed by atoms with E-state index in [1.54, 1.807) is 0 Å². The van der Waals surface area contributed by atoms with Gasteiger partial charge in [-0.05, 0) is 43.2 Å². The van der Waals surface area contributed by atoms with Crippen LogP contribution in [0, 0.1) is 0 Å². The van der Waals surface area contributed by atoms with E-state index in [-0.39, 0.29) is 0 Å². The SMILES string of the molecule is CCc1cc(CC)n(CCOc2ccc(N)cc2)n1.